The summed E-state index contributed by atoms with van der Waals surface area (Å²) in [4.78, 5) is 23.8. The van der Waals surface area contributed by atoms with Crippen LogP contribution in [0.5, 0.6) is 0 Å². The van der Waals surface area contributed by atoms with Crippen LogP contribution in [0, 0.1) is 0 Å². The molecule has 0 aliphatic heterocycles. The summed E-state index contributed by atoms with van der Waals surface area (Å²) in [6, 6.07) is 11.5. The van der Waals surface area contributed by atoms with E-state index in [9.17, 15) is 22.8 Å². The Morgan fingerprint density at radius 3 is 2.30 bits per heavy atom. The number of ether oxygens (including phenoxy) is 1. The lowest BCUT2D eigenvalue weighted by molar-refractivity contribution is -0.138. The Morgan fingerprint density at radius 1 is 1.07 bits per heavy atom. The number of rotatable bonds is 6. The van der Waals surface area contributed by atoms with Crippen LogP contribution >= 0.6 is 0 Å². The standard InChI is InChI=1S/C20H20F3NO3/c1-3-13(2)14-8-10-15(11-9-14)24-18(25)12-27-19(26)16-6-4-5-7-17(16)20(21,22)23/h4-11,13H,3,12H2,1-2H3,(H,24,25)/t13-/m1/s1. The fraction of sp³-hybridized carbons (Fsp3) is 0.300. The highest BCUT2D eigenvalue weighted by Gasteiger charge is 2.35. The normalized spacial score (nSPS) is 12.3. The van der Waals surface area contributed by atoms with Crippen molar-refractivity contribution in [1.29, 1.82) is 0 Å². The fourth-order valence-corrected chi connectivity index (χ4v) is 2.44. The van der Waals surface area contributed by atoms with Gasteiger partial charge in [0.2, 0.25) is 0 Å². The number of hydrogen-bond acceptors (Lipinski definition) is 3. The topological polar surface area (TPSA) is 55.4 Å². The minimum absolute atomic E-state index is 0.393. The first-order valence-corrected chi connectivity index (χ1v) is 8.45. The summed E-state index contributed by atoms with van der Waals surface area (Å²) >= 11 is 0. The number of carbonyl (C=O) groups is 2. The molecule has 4 nitrogen and oxygen atoms in total. The maximum atomic E-state index is 12.9. The Morgan fingerprint density at radius 2 is 1.70 bits per heavy atom. The van der Waals surface area contributed by atoms with Crippen molar-refractivity contribution in [3.8, 4) is 0 Å². The number of hydrogen-bond donors (Lipinski definition) is 1. The molecular weight excluding hydrogens is 359 g/mol. The molecule has 0 aromatic heterocycles. The van der Waals surface area contributed by atoms with Gasteiger partial charge in [-0.1, -0.05) is 38.1 Å². The van der Waals surface area contributed by atoms with Crippen molar-refractivity contribution in [3.05, 3.63) is 65.2 Å². The Balaban J connectivity index is 1.95. The monoisotopic (exact) mass is 379 g/mol. The van der Waals surface area contributed by atoms with Gasteiger partial charge in [-0.15, -0.1) is 0 Å². The SMILES string of the molecule is CC[C@@H](C)c1ccc(NC(=O)COC(=O)c2ccccc2C(F)(F)F)cc1. The summed E-state index contributed by atoms with van der Waals surface area (Å²) in [7, 11) is 0. The molecule has 2 aromatic carbocycles. The van der Waals surface area contributed by atoms with Crippen LogP contribution < -0.4 is 5.32 Å². The predicted molar refractivity (Wildman–Crippen MR) is 95.5 cm³/mol. The molecule has 0 aliphatic carbocycles. The highest BCUT2D eigenvalue weighted by Crippen LogP contribution is 2.32. The molecule has 0 fully saturated rings. The van der Waals surface area contributed by atoms with E-state index in [1.54, 1.807) is 12.1 Å². The summed E-state index contributed by atoms with van der Waals surface area (Å²) in [5.41, 5.74) is -0.0868. The molecule has 2 rings (SSSR count). The number of benzene rings is 2. The third kappa shape index (κ3) is 5.57. The van der Waals surface area contributed by atoms with Gasteiger partial charge in [-0.3, -0.25) is 4.79 Å². The predicted octanol–water partition coefficient (Wildman–Crippen LogP) is 5.01. The molecule has 0 aliphatic rings. The summed E-state index contributed by atoms with van der Waals surface area (Å²) in [5.74, 6) is -1.45. The van der Waals surface area contributed by atoms with E-state index in [4.69, 9.17) is 4.74 Å². The Bertz CT molecular complexity index is 801. The first-order valence-electron chi connectivity index (χ1n) is 8.45. The number of nitrogens with one attached hydrogen (secondary N) is 1. The highest BCUT2D eigenvalue weighted by molar-refractivity contribution is 5.96. The number of anilines is 1. The van der Waals surface area contributed by atoms with E-state index < -0.39 is 35.8 Å². The van der Waals surface area contributed by atoms with Crippen molar-refractivity contribution < 1.29 is 27.5 Å². The average Bonchev–Trinajstić information content (AvgIpc) is 2.65. The second kappa shape index (κ2) is 8.70. The number of alkyl halides is 3. The molecule has 0 spiro atoms. The molecule has 1 atom stereocenters. The van der Waals surface area contributed by atoms with Gasteiger partial charge in [0, 0.05) is 5.69 Å². The van der Waals surface area contributed by atoms with Gasteiger partial charge in [-0.25, -0.2) is 4.79 Å². The quantitative estimate of drug-likeness (QED) is 0.718. The zero-order valence-corrected chi connectivity index (χ0v) is 15.0. The molecule has 0 saturated heterocycles. The maximum absolute atomic E-state index is 12.9. The number of halogens is 3. The van der Waals surface area contributed by atoms with Gasteiger partial charge < -0.3 is 10.1 Å². The molecule has 1 amide bonds. The molecule has 0 radical (unpaired) electrons. The fourth-order valence-electron chi connectivity index (χ4n) is 2.44. The van der Waals surface area contributed by atoms with E-state index in [-0.39, 0.29) is 0 Å². The van der Waals surface area contributed by atoms with E-state index in [2.05, 4.69) is 19.2 Å². The molecule has 27 heavy (non-hydrogen) atoms. The smallest absolute Gasteiger partial charge is 0.417 e. The van der Waals surface area contributed by atoms with Gasteiger partial charge >= 0.3 is 12.1 Å². The third-order valence-corrected chi connectivity index (χ3v) is 4.16. The van der Waals surface area contributed by atoms with Crippen LogP contribution in [0.25, 0.3) is 0 Å². The largest absolute Gasteiger partial charge is 0.452 e. The molecule has 144 valence electrons. The second-order valence-corrected chi connectivity index (χ2v) is 6.10. The number of amides is 1. The first kappa shape index (κ1) is 20.5. The van der Waals surface area contributed by atoms with Crippen LogP contribution in [0.4, 0.5) is 18.9 Å². The summed E-state index contributed by atoms with van der Waals surface area (Å²) in [5, 5.41) is 2.54. The minimum Gasteiger partial charge on any atom is -0.452 e. The van der Waals surface area contributed by atoms with Gasteiger partial charge in [-0.2, -0.15) is 13.2 Å². The first-order chi connectivity index (χ1) is 12.7. The van der Waals surface area contributed by atoms with Crippen molar-refractivity contribution in [3.63, 3.8) is 0 Å². The van der Waals surface area contributed by atoms with E-state index in [0.717, 1.165) is 24.1 Å². The van der Waals surface area contributed by atoms with Crippen LogP contribution in [0.3, 0.4) is 0 Å². The van der Waals surface area contributed by atoms with Gasteiger partial charge in [0.05, 0.1) is 11.1 Å². The number of esters is 1. The Kier molecular flexibility index (Phi) is 6.60. The van der Waals surface area contributed by atoms with Gasteiger partial charge in [0.1, 0.15) is 0 Å². The molecule has 7 heteroatoms. The van der Waals surface area contributed by atoms with E-state index in [0.29, 0.717) is 11.6 Å². The average molecular weight is 379 g/mol. The summed E-state index contributed by atoms with van der Waals surface area (Å²) < 4.78 is 43.5. The van der Waals surface area contributed by atoms with Crippen molar-refractivity contribution in [1.82, 2.24) is 0 Å². The van der Waals surface area contributed by atoms with Gasteiger partial charge in [-0.05, 0) is 42.2 Å². The summed E-state index contributed by atoms with van der Waals surface area (Å²) in [6.07, 6.45) is -3.70. The zero-order valence-electron chi connectivity index (χ0n) is 15.0. The van der Waals surface area contributed by atoms with Crippen molar-refractivity contribution in [2.45, 2.75) is 32.4 Å². The van der Waals surface area contributed by atoms with Crippen molar-refractivity contribution >= 4 is 17.6 Å². The van der Waals surface area contributed by atoms with Crippen LogP contribution in [-0.4, -0.2) is 18.5 Å². The zero-order chi connectivity index (χ0) is 20.0. The van der Waals surface area contributed by atoms with Crippen LogP contribution in [-0.2, 0) is 15.7 Å². The van der Waals surface area contributed by atoms with Crippen LogP contribution in [0.1, 0.15) is 47.7 Å². The Labute approximate surface area is 155 Å². The third-order valence-electron chi connectivity index (χ3n) is 4.16. The molecule has 0 bridgehead atoms. The Hall–Kier alpha value is -2.83. The molecule has 0 unspecified atom stereocenters. The molecular formula is C20H20F3NO3. The lowest BCUT2D eigenvalue weighted by Crippen LogP contribution is -2.22. The molecule has 0 heterocycles. The van der Waals surface area contributed by atoms with E-state index in [1.807, 2.05) is 12.1 Å². The maximum Gasteiger partial charge on any atom is 0.417 e. The minimum atomic E-state index is -4.69. The second-order valence-electron chi connectivity index (χ2n) is 6.10. The lowest BCUT2D eigenvalue weighted by Gasteiger charge is -2.12. The summed E-state index contributed by atoms with van der Waals surface area (Å²) in [6.45, 7) is 3.48. The number of carbonyl (C=O) groups excluding carboxylic acids is 2. The van der Waals surface area contributed by atoms with E-state index >= 15 is 0 Å². The molecule has 1 N–H and O–H groups in total. The van der Waals surface area contributed by atoms with E-state index in [1.165, 1.54) is 12.1 Å². The van der Waals surface area contributed by atoms with Crippen LogP contribution in [0.2, 0.25) is 0 Å². The van der Waals surface area contributed by atoms with Gasteiger partial charge in [0.15, 0.2) is 6.61 Å². The van der Waals surface area contributed by atoms with Crippen molar-refractivity contribution in [2.75, 3.05) is 11.9 Å². The lowest BCUT2D eigenvalue weighted by atomic mass is 9.99. The van der Waals surface area contributed by atoms with Gasteiger partial charge in [0.25, 0.3) is 5.91 Å². The molecule has 0 saturated carbocycles. The molecule has 2 aromatic rings. The highest BCUT2D eigenvalue weighted by atomic mass is 19.4. The van der Waals surface area contributed by atoms with Crippen LogP contribution in [0.15, 0.2) is 48.5 Å². The van der Waals surface area contributed by atoms with Crippen molar-refractivity contribution in [2.24, 2.45) is 0 Å².